The summed E-state index contributed by atoms with van der Waals surface area (Å²) in [5.74, 6) is 0.163. The quantitative estimate of drug-likeness (QED) is 0.586. The van der Waals surface area contributed by atoms with E-state index in [1.807, 2.05) is 20.2 Å². The van der Waals surface area contributed by atoms with Gasteiger partial charge in [-0.2, -0.15) is 5.26 Å². The first kappa shape index (κ1) is 25.0. The number of ether oxygens (including phenoxy) is 1. The van der Waals surface area contributed by atoms with Crippen molar-refractivity contribution < 1.29 is 14.3 Å². The van der Waals surface area contributed by atoms with Gasteiger partial charge in [0.15, 0.2) is 0 Å². The van der Waals surface area contributed by atoms with Crippen LogP contribution < -0.4 is 15.5 Å². The summed E-state index contributed by atoms with van der Waals surface area (Å²) in [5.41, 5.74) is 4.83. The molecule has 2 aromatic carbocycles. The molecular weight excluding hydrogens is 456 g/mol. The summed E-state index contributed by atoms with van der Waals surface area (Å²) in [6.45, 7) is 0.256. The number of amides is 2. The number of rotatable bonds is 7. The Bertz CT molecular complexity index is 1130. The van der Waals surface area contributed by atoms with Gasteiger partial charge in [-0.05, 0) is 48.4 Å². The van der Waals surface area contributed by atoms with E-state index in [1.54, 1.807) is 54.6 Å². The average Bonchev–Trinajstić information content (AvgIpc) is 2.93. The van der Waals surface area contributed by atoms with Gasteiger partial charge >= 0.3 is 0 Å². The molecule has 0 aromatic heterocycles. The minimum absolute atomic E-state index is 0.159. The van der Waals surface area contributed by atoms with Crippen molar-refractivity contribution in [1.82, 2.24) is 15.3 Å². The fourth-order valence-electron chi connectivity index (χ4n) is 3.69. The highest BCUT2D eigenvalue weighted by molar-refractivity contribution is 6.30. The van der Waals surface area contributed by atoms with E-state index in [2.05, 4.69) is 15.7 Å². The molecule has 0 radical (unpaired) electrons. The molecule has 3 rings (SSSR count). The van der Waals surface area contributed by atoms with Gasteiger partial charge in [-0.1, -0.05) is 17.7 Å². The molecule has 0 saturated heterocycles. The van der Waals surface area contributed by atoms with Gasteiger partial charge in [0.1, 0.15) is 18.1 Å². The van der Waals surface area contributed by atoms with Gasteiger partial charge in [-0.15, -0.1) is 0 Å². The number of halogens is 1. The molecule has 0 fully saturated rings. The molecule has 1 heterocycles. The molecule has 1 aliphatic rings. The Morgan fingerprint density at radius 3 is 2.82 bits per heavy atom. The van der Waals surface area contributed by atoms with Crippen LogP contribution in [0.3, 0.4) is 0 Å². The van der Waals surface area contributed by atoms with Crippen LogP contribution in [0.5, 0.6) is 5.75 Å². The highest BCUT2D eigenvalue weighted by Crippen LogP contribution is 2.26. The molecule has 1 aliphatic heterocycles. The number of methoxy groups -OCH3 is 1. The Morgan fingerprint density at radius 2 is 2.12 bits per heavy atom. The molecule has 0 unspecified atom stereocenters. The van der Waals surface area contributed by atoms with Crippen LogP contribution in [0, 0.1) is 17.2 Å². The number of nitrogens with zero attached hydrogens (tertiary/aromatic N) is 4. The molecule has 10 heteroatoms. The van der Waals surface area contributed by atoms with E-state index < -0.39 is 5.92 Å². The smallest absolute Gasteiger partial charge is 0.244 e. The number of nitriles is 1. The van der Waals surface area contributed by atoms with Crippen LogP contribution in [-0.4, -0.2) is 68.4 Å². The van der Waals surface area contributed by atoms with Gasteiger partial charge in [0.2, 0.25) is 11.8 Å². The second-order valence-electron chi connectivity index (χ2n) is 8.09. The first-order chi connectivity index (χ1) is 16.3. The predicted octanol–water partition coefficient (Wildman–Crippen LogP) is 2.32. The van der Waals surface area contributed by atoms with Crippen molar-refractivity contribution in [3.8, 4) is 11.8 Å². The first-order valence-electron chi connectivity index (χ1n) is 10.7. The lowest BCUT2D eigenvalue weighted by molar-refractivity contribution is -0.137. The van der Waals surface area contributed by atoms with Gasteiger partial charge in [0.25, 0.3) is 0 Å². The summed E-state index contributed by atoms with van der Waals surface area (Å²) < 4.78 is 5.43. The van der Waals surface area contributed by atoms with E-state index in [-0.39, 0.29) is 31.4 Å². The number of hydrogen-bond acceptors (Lipinski definition) is 7. The average molecular weight is 483 g/mol. The van der Waals surface area contributed by atoms with Gasteiger partial charge < -0.3 is 20.4 Å². The van der Waals surface area contributed by atoms with E-state index in [1.165, 1.54) is 4.90 Å². The fourth-order valence-corrected chi connectivity index (χ4v) is 3.89. The maximum atomic E-state index is 13.5. The van der Waals surface area contributed by atoms with Crippen LogP contribution in [-0.2, 0) is 16.0 Å². The second kappa shape index (κ2) is 11.5. The van der Waals surface area contributed by atoms with Crippen molar-refractivity contribution in [1.29, 1.82) is 5.26 Å². The number of aliphatic imine (C=N–C) groups is 1. The maximum Gasteiger partial charge on any atom is 0.244 e. The topological polar surface area (TPSA) is 110 Å². The van der Waals surface area contributed by atoms with Crippen molar-refractivity contribution in [2.45, 2.75) is 6.42 Å². The molecule has 9 nitrogen and oxygen atoms in total. The molecule has 0 aliphatic carbocycles. The number of carbonyl (C=O) groups excluding carboxylic acids is 2. The number of carbonyl (C=O) groups is 2. The van der Waals surface area contributed by atoms with E-state index in [0.717, 1.165) is 5.56 Å². The van der Waals surface area contributed by atoms with Crippen molar-refractivity contribution in [2.24, 2.45) is 10.9 Å². The Hall–Kier alpha value is -3.61. The van der Waals surface area contributed by atoms with Gasteiger partial charge in [0, 0.05) is 24.8 Å². The SMILES string of the molecule is COc1ccc(Cl)cc1C[C@@H]1CN=C(NN(C)C)CN(CC(=O)Nc2cccc(C#N)c2)C1=O. The lowest BCUT2D eigenvalue weighted by atomic mass is 9.97. The minimum atomic E-state index is -0.497. The number of hydrazine groups is 1. The molecule has 34 heavy (non-hydrogen) atoms. The number of hydrogen-bond donors (Lipinski definition) is 2. The van der Waals surface area contributed by atoms with Crippen LogP contribution >= 0.6 is 11.6 Å². The van der Waals surface area contributed by atoms with E-state index >= 15 is 0 Å². The van der Waals surface area contributed by atoms with Crippen molar-refractivity contribution in [3.05, 3.63) is 58.6 Å². The molecule has 2 N–H and O–H groups in total. The summed E-state index contributed by atoms with van der Waals surface area (Å²) in [6.07, 6.45) is 0.365. The first-order valence-corrected chi connectivity index (χ1v) is 11.1. The number of anilines is 1. The van der Waals surface area contributed by atoms with Gasteiger partial charge in [-0.25, -0.2) is 5.01 Å². The lowest BCUT2D eigenvalue weighted by Crippen LogP contribution is -2.47. The lowest BCUT2D eigenvalue weighted by Gasteiger charge is -2.25. The van der Waals surface area contributed by atoms with E-state index in [4.69, 9.17) is 21.6 Å². The fraction of sp³-hybridized carbons (Fsp3) is 0.333. The molecule has 0 saturated carbocycles. The van der Waals surface area contributed by atoms with Crippen LogP contribution in [0.15, 0.2) is 47.5 Å². The highest BCUT2D eigenvalue weighted by Gasteiger charge is 2.31. The second-order valence-corrected chi connectivity index (χ2v) is 8.52. The molecular formula is C24H27ClN6O3. The van der Waals surface area contributed by atoms with Crippen molar-refractivity contribution in [3.63, 3.8) is 0 Å². The molecule has 2 aromatic rings. The van der Waals surface area contributed by atoms with Crippen LogP contribution in [0.1, 0.15) is 11.1 Å². The van der Waals surface area contributed by atoms with Gasteiger partial charge in [0.05, 0.1) is 37.7 Å². The van der Waals surface area contributed by atoms with Crippen LogP contribution in [0.25, 0.3) is 0 Å². The highest BCUT2D eigenvalue weighted by atomic mass is 35.5. The zero-order valence-electron chi connectivity index (χ0n) is 19.3. The van der Waals surface area contributed by atoms with E-state index in [0.29, 0.717) is 34.3 Å². The Labute approximate surface area is 203 Å². The van der Waals surface area contributed by atoms with Crippen molar-refractivity contribution >= 4 is 34.9 Å². The predicted molar refractivity (Wildman–Crippen MR) is 131 cm³/mol. The zero-order valence-corrected chi connectivity index (χ0v) is 20.1. The van der Waals surface area contributed by atoms with Crippen molar-refractivity contribution in [2.75, 3.05) is 46.2 Å². The third-order valence-electron chi connectivity index (χ3n) is 5.18. The summed E-state index contributed by atoms with van der Waals surface area (Å²) in [7, 11) is 5.21. The number of benzene rings is 2. The third-order valence-corrected chi connectivity index (χ3v) is 5.41. The summed E-state index contributed by atoms with van der Waals surface area (Å²) >= 11 is 6.17. The Balaban J connectivity index is 1.80. The molecule has 0 spiro atoms. The largest absolute Gasteiger partial charge is 0.496 e. The minimum Gasteiger partial charge on any atom is -0.496 e. The Morgan fingerprint density at radius 1 is 1.32 bits per heavy atom. The van der Waals surface area contributed by atoms with E-state index in [9.17, 15) is 9.59 Å². The summed E-state index contributed by atoms with van der Waals surface area (Å²) in [6, 6.07) is 13.9. The molecule has 0 bridgehead atoms. The maximum absolute atomic E-state index is 13.5. The van der Waals surface area contributed by atoms with Gasteiger partial charge in [-0.3, -0.25) is 14.6 Å². The van der Waals surface area contributed by atoms with Crippen LogP contribution in [0.2, 0.25) is 5.02 Å². The zero-order chi connectivity index (χ0) is 24.7. The van der Waals surface area contributed by atoms with Crippen LogP contribution in [0.4, 0.5) is 5.69 Å². The Kier molecular flexibility index (Phi) is 8.46. The normalized spacial score (nSPS) is 15.9. The third kappa shape index (κ3) is 6.70. The number of nitrogens with one attached hydrogen (secondary N) is 2. The molecule has 178 valence electrons. The monoisotopic (exact) mass is 482 g/mol. The molecule has 2 amide bonds. The molecule has 1 atom stereocenters. The standard InChI is InChI=1S/C24H27ClN6O3/c1-30(2)29-22-14-31(15-23(32)28-20-6-4-5-16(9-20)12-26)24(33)18(13-27-22)10-17-11-19(25)7-8-21(17)34-3/h4-9,11,18H,10,13-15H2,1-3H3,(H,27,29)(H,28,32)/t18-/m1/s1. The number of amidine groups is 1. The summed E-state index contributed by atoms with van der Waals surface area (Å²) in [5, 5.41) is 14.1. The summed E-state index contributed by atoms with van der Waals surface area (Å²) in [4.78, 5) is 32.3.